The molecule has 2 aromatic rings. The third kappa shape index (κ3) is 5.35. The number of unbranched alkanes of at least 4 members (excludes halogenated alkanes) is 3. The maximum atomic E-state index is 13.3. The van der Waals surface area contributed by atoms with Crippen LogP contribution in [0.15, 0.2) is 48.5 Å². The molecule has 0 bridgehead atoms. The second-order valence-electron chi connectivity index (χ2n) is 4.97. The van der Waals surface area contributed by atoms with Crippen molar-refractivity contribution in [1.29, 1.82) is 0 Å². The average molecular weight is 306 g/mol. The lowest BCUT2D eigenvalue weighted by Crippen LogP contribution is -2.01. The van der Waals surface area contributed by atoms with Crippen LogP contribution in [0.2, 0.25) is 0 Å². The molecule has 2 aromatic carbocycles. The minimum atomic E-state index is -0.333. The van der Waals surface area contributed by atoms with E-state index in [4.69, 9.17) is 9.47 Å². The number of ether oxygens (including phenoxy) is 2. The number of para-hydroxylation sites is 2. The second kappa shape index (κ2) is 9.03. The van der Waals surface area contributed by atoms with Gasteiger partial charge in [-0.2, -0.15) is 0 Å². The molecule has 0 saturated heterocycles. The molecule has 118 valence electrons. The third-order valence-corrected chi connectivity index (χ3v) is 3.23. The van der Waals surface area contributed by atoms with Crippen molar-refractivity contribution in [3.63, 3.8) is 0 Å². The van der Waals surface area contributed by atoms with Crippen LogP contribution >= 0.6 is 0 Å². The van der Waals surface area contributed by atoms with Crippen LogP contribution in [0.5, 0.6) is 11.5 Å². The number of hydrogen-bond donors (Lipinski definition) is 0. The highest BCUT2D eigenvalue weighted by molar-refractivity contribution is 5.24. The quantitative estimate of drug-likeness (QED) is 0.608. The SMILES string of the molecule is Fc1ccccc1OCCCCCCOc1ccccc1F. The summed E-state index contributed by atoms with van der Waals surface area (Å²) in [6, 6.07) is 12.8. The zero-order valence-electron chi connectivity index (χ0n) is 12.4. The van der Waals surface area contributed by atoms with Gasteiger partial charge in [-0.05, 0) is 49.9 Å². The summed E-state index contributed by atoms with van der Waals surface area (Å²) in [5.74, 6) is -0.0719. The fraction of sp³-hybridized carbons (Fsp3) is 0.333. The standard InChI is InChI=1S/C18H20F2O2/c19-15-9-3-5-11-17(15)21-13-7-1-2-8-14-22-18-12-6-4-10-16(18)20/h3-6,9-12H,1-2,7-8,13-14H2. The Morgan fingerprint density at radius 3 is 1.41 bits per heavy atom. The predicted molar refractivity (Wildman–Crippen MR) is 82.3 cm³/mol. The molecule has 0 aliphatic heterocycles. The van der Waals surface area contributed by atoms with Gasteiger partial charge < -0.3 is 9.47 Å². The van der Waals surface area contributed by atoms with Crippen molar-refractivity contribution in [2.24, 2.45) is 0 Å². The van der Waals surface area contributed by atoms with E-state index in [0.717, 1.165) is 25.7 Å². The van der Waals surface area contributed by atoms with Gasteiger partial charge in [0.25, 0.3) is 0 Å². The molecule has 0 N–H and O–H groups in total. The van der Waals surface area contributed by atoms with E-state index < -0.39 is 0 Å². The van der Waals surface area contributed by atoms with Crippen LogP contribution in [-0.2, 0) is 0 Å². The molecule has 0 heterocycles. The molecule has 2 nitrogen and oxygen atoms in total. The molecule has 0 amide bonds. The van der Waals surface area contributed by atoms with E-state index in [1.165, 1.54) is 12.1 Å². The smallest absolute Gasteiger partial charge is 0.165 e. The topological polar surface area (TPSA) is 18.5 Å². The molecule has 0 spiro atoms. The van der Waals surface area contributed by atoms with Crippen LogP contribution in [0.25, 0.3) is 0 Å². The fourth-order valence-electron chi connectivity index (χ4n) is 2.05. The van der Waals surface area contributed by atoms with Crippen molar-refractivity contribution in [3.8, 4) is 11.5 Å². The molecule has 0 unspecified atom stereocenters. The minimum Gasteiger partial charge on any atom is -0.491 e. The van der Waals surface area contributed by atoms with E-state index in [1.54, 1.807) is 36.4 Å². The largest absolute Gasteiger partial charge is 0.491 e. The lowest BCUT2D eigenvalue weighted by molar-refractivity contribution is 0.275. The number of benzene rings is 2. The van der Waals surface area contributed by atoms with Crippen LogP contribution in [0, 0.1) is 11.6 Å². The van der Waals surface area contributed by atoms with Gasteiger partial charge in [0.1, 0.15) is 0 Å². The Bertz CT molecular complexity index is 521. The summed E-state index contributed by atoms with van der Waals surface area (Å²) in [6.07, 6.45) is 3.65. The predicted octanol–water partition coefficient (Wildman–Crippen LogP) is 4.98. The van der Waals surface area contributed by atoms with E-state index in [9.17, 15) is 8.78 Å². The van der Waals surface area contributed by atoms with Gasteiger partial charge in [0.15, 0.2) is 23.1 Å². The molecule has 4 heteroatoms. The van der Waals surface area contributed by atoms with Crippen molar-refractivity contribution in [2.75, 3.05) is 13.2 Å². The monoisotopic (exact) mass is 306 g/mol. The highest BCUT2D eigenvalue weighted by atomic mass is 19.1. The van der Waals surface area contributed by atoms with Crippen molar-refractivity contribution < 1.29 is 18.3 Å². The van der Waals surface area contributed by atoms with Gasteiger partial charge >= 0.3 is 0 Å². The van der Waals surface area contributed by atoms with Crippen molar-refractivity contribution in [2.45, 2.75) is 25.7 Å². The van der Waals surface area contributed by atoms with E-state index in [0.29, 0.717) is 24.7 Å². The average Bonchev–Trinajstić information content (AvgIpc) is 2.53. The minimum absolute atomic E-state index is 0.297. The van der Waals surface area contributed by atoms with E-state index in [2.05, 4.69) is 0 Å². The Hall–Kier alpha value is -2.10. The van der Waals surface area contributed by atoms with Crippen LogP contribution in [0.4, 0.5) is 8.78 Å². The summed E-state index contributed by atoms with van der Waals surface area (Å²) >= 11 is 0. The summed E-state index contributed by atoms with van der Waals surface area (Å²) in [7, 11) is 0. The van der Waals surface area contributed by atoms with E-state index in [-0.39, 0.29) is 11.6 Å². The summed E-state index contributed by atoms with van der Waals surface area (Å²) in [5.41, 5.74) is 0. The first-order valence-electron chi connectivity index (χ1n) is 7.52. The molecular formula is C18H20F2O2. The lowest BCUT2D eigenvalue weighted by atomic mass is 10.2. The summed E-state index contributed by atoms with van der Waals surface area (Å²) in [5, 5.41) is 0. The van der Waals surface area contributed by atoms with E-state index in [1.807, 2.05) is 0 Å². The second-order valence-corrected chi connectivity index (χ2v) is 4.97. The molecule has 0 fully saturated rings. The van der Waals surface area contributed by atoms with Crippen LogP contribution < -0.4 is 9.47 Å². The number of halogens is 2. The zero-order valence-corrected chi connectivity index (χ0v) is 12.4. The molecule has 0 aliphatic rings. The van der Waals surface area contributed by atoms with Gasteiger partial charge in [-0.25, -0.2) is 8.78 Å². The van der Waals surface area contributed by atoms with Gasteiger partial charge in [0, 0.05) is 0 Å². The molecular weight excluding hydrogens is 286 g/mol. The van der Waals surface area contributed by atoms with Crippen molar-refractivity contribution in [1.82, 2.24) is 0 Å². The normalized spacial score (nSPS) is 10.5. The Balaban J connectivity index is 1.51. The lowest BCUT2D eigenvalue weighted by Gasteiger charge is -2.08. The summed E-state index contributed by atoms with van der Waals surface area (Å²) in [4.78, 5) is 0. The highest BCUT2D eigenvalue weighted by Gasteiger charge is 2.02. The van der Waals surface area contributed by atoms with Crippen LogP contribution in [-0.4, -0.2) is 13.2 Å². The summed E-state index contributed by atoms with van der Waals surface area (Å²) in [6.45, 7) is 0.990. The molecule has 0 aliphatic carbocycles. The van der Waals surface area contributed by atoms with E-state index >= 15 is 0 Å². The first-order valence-corrected chi connectivity index (χ1v) is 7.52. The molecule has 22 heavy (non-hydrogen) atoms. The number of rotatable bonds is 9. The van der Waals surface area contributed by atoms with Crippen LogP contribution in [0.1, 0.15) is 25.7 Å². The third-order valence-electron chi connectivity index (χ3n) is 3.23. The fourth-order valence-corrected chi connectivity index (χ4v) is 2.05. The maximum absolute atomic E-state index is 13.3. The Labute approximate surface area is 129 Å². The Morgan fingerprint density at radius 2 is 1.00 bits per heavy atom. The highest BCUT2D eigenvalue weighted by Crippen LogP contribution is 2.17. The number of hydrogen-bond acceptors (Lipinski definition) is 2. The van der Waals surface area contributed by atoms with Crippen molar-refractivity contribution >= 4 is 0 Å². The molecule has 0 atom stereocenters. The molecule has 0 radical (unpaired) electrons. The molecule has 0 aromatic heterocycles. The first-order chi connectivity index (χ1) is 10.8. The van der Waals surface area contributed by atoms with Gasteiger partial charge in [0.05, 0.1) is 13.2 Å². The first kappa shape index (κ1) is 16.3. The molecule has 2 rings (SSSR count). The van der Waals surface area contributed by atoms with Gasteiger partial charge in [-0.15, -0.1) is 0 Å². The maximum Gasteiger partial charge on any atom is 0.165 e. The zero-order chi connectivity index (χ0) is 15.6. The Kier molecular flexibility index (Phi) is 6.68. The van der Waals surface area contributed by atoms with Gasteiger partial charge in [-0.1, -0.05) is 24.3 Å². The Morgan fingerprint density at radius 1 is 0.591 bits per heavy atom. The van der Waals surface area contributed by atoms with Crippen LogP contribution in [0.3, 0.4) is 0 Å². The summed E-state index contributed by atoms with van der Waals surface area (Å²) < 4.78 is 37.3. The van der Waals surface area contributed by atoms with Gasteiger partial charge in [0.2, 0.25) is 0 Å². The molecule has 0 saturated carbocycles. The van der Waals surface area contributed by atoms with Crippen molar-refractivity contribution in [3.05, 3.63) is 60.2 Å². The van der Waals surface area contributed by atoms with Gasteiger partial charge in [-0.3, -0.25) is 0 Å².